The SMILES string of the molecule is C=CCOc1c(NCCN(C(=O)[C@H](CC(=O)NC[C@@H]2CCCN(C(=N)N)C2)NS(=O)(=O)c2ccc3ccccc3c2)C2CC2)c(=O)c1=O. The molecule has 1 aliphatic carbocycles. The Labute approximate surface area is 278 Å². The monoisotopic (exact) mass is 679 g/mol. The quantitative estimate of drug-likeness (QED) is 0.0625. The zero-order valence-electron chi connectivity index (χ0n) is 26.6. The molecule has 5 rings (SSSR count). The molecule has 2 atom stereocenters. The van der Waals surface area contributed by atoms with Crippen molar-refractivity contribution in [1.29, 1.82) is 5.41 Å². The summed E-state index contributed by atoms with van der Waals surface area (Å²) in [7, 11) is -4.24. The molecule has 0 unspecified atom stereocenters. The van der Waals surface area contributed by atoms with Crippen LogP contribution in [0.2, 0.25) is 0 Å². The van der Waals surface area contributed by atoms with E-state index in [1.54, 1.807) is 23.1 Å². The molecular formula is C33H41N7O7S. The van der Waals surface area contributed by atoms with Crippen molar-refractivity contribution in [2.24, 2.45) is 11.7 Å². The van der Waals surface area contributed by atoms with Crippen LogP contribution in [0.25, 0.3) is 10.8 Å². The van der Waals surface area contributed by atoms with E-state index in [9.17, 15) is 27.6 Å². The number of hydrogen-bond acceptors (Lipinski definition) is 9. The van der Waals surface area contributed by atoms with E-state index in [1.807, 2.05) is 12.1 Å². The average molecular weight is 680 g/mol. The van der Waals surface area contributed by atoms with Crippen molar-refractivity contribution < 1.29 is 22.7 Å². The number of sulfonamides is 1. The number of nitrogens with two attached hydrogens (primary N) is 1. The van der Waals surface area contributed by atoms with E-state index >= 15 is 0 Å². The maximum atomic E-state index is 14.1. The van der Waals surface area contributed by atoms with Crippen molar-refractivity contribution >= 4 is 44.3 Å². The molecule has 0 bridgehead atoms. The van der Waals surface area contributed by atoms with Gasteiger partial charge in [-0.25, -0.2) is 8.42 Å². The van der Waals surface area contributed by atoms with Gasteiger partial charge < -0.3 is 30.9 Å². The van der Waals surface area contributed by atoms with E-state index in [2.05, 4.69) is 21.9 Å². The van der Waals surface area contributed by atoms with Crippen LogP contribution in [0.1, 0.15) is 32.1 Å². The highest BCUT2D eigenvalue weighted by atomic mass is 32.2. The molecule has 14 nitrogen and oxygen atoms in total. The molecule has 0 aromatic heterocycles. The fourth-order valence-corrected chi connectivity index (χ4v) is 7.13. The normalized spacial score (nSPS) is 17.1. The van der Waals surface area contributed by atoms with Crippen LogP contribution in [0.5, 0.6) is 5.75 Å². The number of benzene rings is 2. The Hall–Kier alpha value is -4.76. The summed E-state index contributed by atoms with van der Waals surface area (Å²) in [5.74, 6) is -1.16. The Balaban J connectivity index is 1.31. The minimum absolute atomic E-state index is 0.0176. The predicted molar refractivity (Wildman–Crippen MR) is 182 cm³/mol. The van der Waals surface area contributed by atoms with Gasteiger partial charge >= 0.3 is 0 Å². The van der Waals surface area contributed by atoms with Gasteiger partial charge in [-0.15, -0.1) is 0 Å². The summed E-state index contributed by atoms with van der Waals surface area (Å²) in [5.41, 5.74) is 4.20. The van der Waals surface area contributed by atoms with Gasteiger partial charge in [0, 0.05) is 38.8 Å². The number of nitrogens with zero attached hydrogens (tertiary/aromatic N) is 2. The number of nitrogens with one attached hydrogen (secondary N) is 4. The van der Waals surface area contributed by atoms with Gasteiger partial charge in [-0.1, -0.05) is 43.0 Å². The highest BCUT2D eigenvalue weighted by Crippen LogP contribution is 2.28. The maximum absolute atomic E-state index is 14.1. The topological polar surface area (TPSA) is 204 Å². The molecule has 3 aromatic carbocycles. The third kappa shape index (κ3) is 8.20. The molecule has 6 N–H and O–H groups in total. The average Bonchev–Trinajstić information content (AvgIpc) is 3.93. The molecule has 0 radical (unpaired) electrons. The molecule has 1 saturated heterocycles. The van der Waals surface area contributed by atoms with Gasteiger partial charge in [0.2, 0.25) is 21.8 Å². The zero-order valence-corrected chi connectivity index (χ0v) is 27.4. The van der Waals surface area contributed by atoms with Crippen LogP contribution in [0.15, 0.2) is 69.6 Å². The number of amides is 2. The molecule has 0 spiro atoms. The Morgan fingerprint density at radius 2 is 1.88 bits per heavy atom. The lowest BCUT2D eigenvalue weighted by molar-refractivity contribution is -0.136. The standard InChI is InChI=1S/C33H41N7O7S/c1-2-16-47-31-28(29(42)30(31)43)36-13-15-40(24-10-11-24)32(44)26(18-27(41)37-19-21-6-5-14-39(20-21)33(34)35)38-48(45,46)25-12-9-22-7-3-4-8-23(22)17-25/h2-4,7-9,12,17,21,24,26,36,38H,1,5-6,10-11,13-16,18-20H2,(H3,34,35)(H,37,41)/t21-,26-/m0/s1. The van der Waals surface area contributed by atoms with Crippen molar-refractivity contribution in [2.45, 2.75) is 49.1 Å². The van der Waals surface area contributed by atoms with Crippen LogP contribution in [0.4, 0.5) is 5.69 Å². The van der Waals surface area contributed by atoms with Gasteiger partial charge in [0.15, 0.2) is 11.7 Å². The first-order valence-electron chi connectivity index (χ1n) is 16.0. The third-order valence-corrected chi connectivity index (χ3v) is 10.1. The lowest BCUT2D eigenvalue weighted by Gasteiger charge is -2.33. The molecule has 15 heteroatoms. The number of piperidine rings is 1. The van der Waals surface area contributed by atoms with Gasteiger partial charge in [0.05, 0.1) is 11.3 Å². The van der Waals surface area contributed by atoms with Crippen LogP contribution < -0.4 is 36.7 Å². The Morgan fingerprint density at radius 3 is 2.58 bits per heavy atom. The molecule has 2 fully saturated rings. The van der Waals surface area contributed by atoms with Crippen molar-refractivity contribution in [3.8, 4) is 5.75 Å². The van der Waals surface area contributed by atoms with E-state index in [4.69, 9.17) is 15.9 Å². The smallest absolute Gasteiger partial charge is 0.272 e. The lowest BCUT2D eigenvalue weighted by Crippen LogP contribution is -2.52. The second-order valence-electron chi connectivity index (χ2n) is 12.2. The number of likely N-dealkylation sites (tertiary alicyclic amines) is 1. The Kier molecular flexibility index (Phi) is 10.8. The fourth-order valence-electron chi connectivity index (χ4n) is 5.91. The minimum atomic E-state index is -4.24. The molecule has 256 valence electrons. The summed E-state index contributed by atoms with van der Waals surface area (Å²) in [6.07, 6.45) is 4.04. The van der Waals surface area contributed by atoms with Crippen molar-refractivity contribution in [3.63, 3.8) is 0 Å². The van der Waals surface area contributed by atoms with E-state index in [1.165, 1.54) is 23.1 Å². The number of guanidine groups is 1. The minimum Gasteiger partial charge on any atom is -0.483 e. The van der Waals surface area contributed by atoms with E-state index in [0.717, 1.165) is 18.2 Å². The molecule has 2 aliphatic rings. The van der Waals surface area contributed by atoms with Crippen LogP contribution in [-0.4, -0.2) is 87.4 Å². The summed E-state index contributed by atoms with van der Waals surface area (Å²) in [6, 6.07) is 10.4. The van der Waals surface area contributed by atoms with E-state index in [0.29, 0.717) is 31.3 Å². The largest absolute Gasteiger partial charge is 0.483 e. The number of anilines is 1. The number of carbonyl (C=O) groups excluding carboxylic acids is 2. The van der Waals surface area contributed by atoms with Gasteiger partial charge in [-0.2, -0.15) is 4.72 Å². The first-order valence-corrected chi connectivity index (χ1v) is 17.4. The molecule has 1 saturated carbocycles. The first-order chi connectivity index (χ1) is 23.0. The van der Waals surface area contributed by atoms with Gasteiger partial charge in [0.1, 0.15) is 18.3 Å². The Bertz CT molecular complexity index is 1870. The second kappa shape index (κ2) is 15.0. The van der Waals surface area contributed by atoms with Crippen molar-refractivity contribution in [2.75, 3.05) is 44.6 Å². The first kappa shape index (κ1) is 34.6. The van der Waals surface area contributed by atoms with Crippen molar-refractivity contribution in [3.05, 3.63) is 75.6 Å². The highest BCUT2D eigenvalue weighted by molar-refractivity contribution is 7.89. The molecule has 2 amide bonds. The summed E-state index contributed by atoms with van der Waals surface area (Å²) in [4.78, 5) is 54.6. The number of hydrogen-bond donors (Lipinski definition) is 5. The van der Waals surface area contributed by atoms with Gasteiger partial charge in [-0.05, 0) is 54.5 Å². The number of ether oxygens (including phenoxy) is 1. The van der Waals surface area contributed by atoms with E-state index in [-0.39, 0.29) is 60.5 Å². The number of rotatable bonds is 16. The zero-order chi connectivity index (χ0) is 34.4. The van der Waals surface area contributed by atoms with E-state index < -0.39 is 45.2 Å². The van der Waals surface area contributed by atoms with Crippen LogP contribution in [-0.2, 0) is 19.6 Å². The predicted octanol–water partition coefficient (Wildman–Crippen LogP) is 0.862. The Morgan fingerprint density at radius 1 is 1.12 bits per heavy atom. The maximum Gasteiger partial charge on any atom is 0.272 e. The van der Waals surface area contributed by atoms with Crippen LogP contribution in [0.3, 0.4) is 0 Å². The molecule has 3 aromatic rings. The molecule has 1 aliphatic heterocycles. The second-order valence-corrected chi connectivity index (χ2v) is 13.9. The molecule has 48 heavy (non-hydrogen) atoms. The molecule has 1 heterocycles. The summed E-state index contributed by atoms with van der Waals surface area (Å²) in [5, 5.41) is 15.0. The van der Waals surface area contributed by atoms with Crippen molar-refractivity contribution in [1.82, 2.24) is 19.8 Å². The lowest BCUT2D eigenvalue weighted by atomic mass is 9.98. The fraction of sp³-hybridized carbons (Fsp3) is 0.424. The highest BCUT2D eigenvalue weighted by Gasteiger charge is 2.38. The summed E-state index contributed by atoms with van der Waals surface area (Å²) >= 11 is 0. The van der Waals surface area contributed by atoms with Crippen LogP contribution in [0, 0.1) is 11.3 Å². The summed E-state index contributed by atoms with van der Waals surface area (Å²) in [6.45, 7) is 5.22. The third-order valence-electron chi connectivity index (χ3n) is 8.60. The molecular weight excluding hydrogens is 638 g/mol. The van der Waals surface area contributed by atoms with Crippen LogP contribution >= 0.6 is 0 Å². The number of fused-ring (bicyclic) bond motifs is 1. The van der Waals surface area contributed by atoms with Gasteiger partial charge in [-0.3, -0.25) is 24.6 Å². The number of carbonyl (C=O) groups is 2. The van der Waals surface area contributed by atoms with Gasteiger partial charge in [0.25, 0.3) is 10.9 Å². The summed E-state index contributed by atoms with van der Waals surface area (Å²) < 4.78 is 35.1.